The normalized spacial score (nSPS) is 20.7. The monoisotopic (exact) mass is 255 g/mol. The second-order valence-corrected chi connectivity index (χ2v) is 5.34. The molecule has 4 heteroatoms. The van der Waals surface area contributed by atoms with Crippen LogP contribution in [0.4, 0.5) is 0 Å². The molecular formula is C14H29N3O. The van der Waals surface area contributed by atoms with Gasteiger partial charge in [0.15, 0.2) is 0 Å². The smallest absolute Gasteiger partial charge is 0.237 e. The minimum atomic E-state index is -0.0103. The van der Waals surface area contributed by atoms with E-state index >= 15 is 0 Å². The third-order valence-corrected chi connectivity index (χ3v) is 4.20. The molecule has 2 unspecified atom stereocenters. The third kappa shape index (κ3) is 4.25. The van der Waals surface area contributed by atoms with Crippen LogP contribution in [0.1, 0.15) is 40.5 Å². The van der Waals surface area contributed by atoms with Crippen LogP contribution in [0.25, 0.3) is 0 Å². The first-order chi connectivity index (χ1) is 8.60. The van der Waals surface area contributed by atoms with Gasteiger partial charge in [-0.2, -0.15) is 0 Å². The topological polar surface area (TPSA) is 44.4 Å². The standard InChI is InChI=1S/C14H29N3O/c1-5-13(6-2)11(3)16-14(18)12(4)17-9-7-15-8-10-17/h11-13,15H,5-10H2,1-4H3,(H,16,18). The fourth-order valence-corrected chi connectivity index (χ4v) is 2.69. The van der Waals surface area contributed by atoms with Gasteiger partial charge in [0.1, 0.15) is 0 Å². The molecule has 1 heterocycles. The minimum absolute atomic E-state index is 0.0103. The molecule has 0 aromatic heterocycles. The Morgan fingerprint density at radius 1 is 1.22 bits per heavy atom. The number of nitrogens with zero attached hydrogens (tertiary/aromatic N) is 1. The molecule has 1 aliphatic heterocycles. The van der Waals surface area contributed by atoms with Crippen molar-refractivity contribution in [1.29, 1.82) is 0 Å². The van der Waals surface area contributed by atoms with Gasteiger partial charge in [-0.1, -0.05) is 26.7 Å². The average Bonchev–Trinajstić information content (AvgIpc) is 2.40. The van der Waals surface area contributed by atoms with Crippen LogP contribution in [0.2, 0.25) is 0 Å². The Bertz CT molecular complexity index is 247. The molecule has 0 bridgehead atoms. The van der Waals surface area contributed by atoms with Gasteiger partial charge in [-0.3, -0.25) is 9.69 Å². The molecule has 106 valence electrons. The molecule has 0 aromatic rings. The largest absolute Gasteiger partial charge is 0.352 e. The summed E-state index contributed by atoms with van der Waals surface area (Å²) >= 11 is 0. The van der Waals surface area contributed by atoms with E-state index in [1.807, 2.05) is 6.92 Å². The second-order valence-electron chi connectivity index (χ2n) is 5.34. The summed E-state index contributed by atoms with van der Waals surface area (Å²) in [6.45, 7) is 12.4. The molecule has 2 N–H and O–H groups in total. The van der Waals surface area contributed by atoms with E-state index in [4.69, 9.17) is 0 Å². The minimum Gasteiger partial charge on any atom is -0.352 e. The number of carbonyl (C=O) groups is 1. The highest BCUT2D eigenvalue weighted by atomic mass is 16.2. The van der Waals surface area contributed by atoms with Gasteiger partial charge >= 0.3 is 0 Å². The number of hydrogen-bond acceptors (Lipinski definition) is 3. The van der Waals surface area contributed by atoms with Crippen molar-refractivity contribution in [3.8, 4) is 0 Å². The molecule has 1 saturated heterocycles. The first-order valence-corrected chi connectivity index (χ1v) is 7.35. The highest BCUT2D eigenvalue weighted by Crippen LogP contribution is 2.13. The molecule has 1 amide bonds. The van der Waals surface area contributed by atoms with E-state index < -0.39 is 0 Å². The molecule has 0 radical (unpaired) electrons. The van der Waals surface area contributed by atoms with Crippen LogP contribution in [-0.2, 0) is 4.79 Å². The predicted molar refractivity (Wildman–Crippen MR) is 75.6 cm³/mol. The van der Waals surface area contributed by atoms with Crippen LogP contribution in [0.5, 0.6) is 0 Å². The lowest BCUT2D eigenvalue weighted by Gasteiger charge is -2.33. The fraction of sp³-hybridized carbons (Fsp3) is 0.929. The summed E-state index contributed by atoms with van der Waals surface area (Å²) < 4.78 is 0. The van der Waals surface area contributed by atoms with Crippen molar-refractivity contribution in [2.45, 2.75) is 52.6 Å². The first kappa shape index (κ1) is 15.4. The van der Waals surface area contributed by atoms with Crippen molar-refractivity contribution in [2.24, 2.45) is 5.92 Å². The summed E-state index contributed by atoms with van der Waals surface area (Å²) in [7, 11) is 0. The molecule has 18 heavy (non-hydrogen) atoms. The van der Waals surface area contributed by atoms with Crippen molar-refractivity contribution in [1.82, 2.24) is 15.5 Å². The van der Waals surface area contributed by atoms with E-state index in [0.29, 0.717) is 5.92 Å². The van der Waals surface area contributed by atoms with Gasteiger partial charge in [0.25, 0.3) is 0 Å². The Morgan fingerprint density at radius 3 is 2.28 bits per heavy atom. The molecule has 4 nitrogen and oxygen atoms in total. The van der Waals surface area contributed by atoms with Gasteiger partial charge in [-0.15, -0.1) is 0 Å². The molecular weight excluding hydrogens is 226 g/mol. The molecule has 1 aliphatic rings. The van der Waals surface area contributed by atoms with Crippen LogP contribution in [-0.4, -0.2) is 49.1 Å². The lowest BCUT2D eigenvalue weighted by Crippen LogP contribution is -2.54. The van der Waals surface area contributed by atoms with Crippen LogP contribution < -0.4 is 10.6 Å². The zero-order chi connectivity index (χ0) is 13.5. The lowest BCUT2D eigenvalue weighted by atomic mass is 9.95. The first-order valence-electron chi connectivity index (χ1n) is 7.35. The Morgan fingerprint density at radius 2 is 1.78 bits per heavy atom. The number of rotatable bonds is 6. The SMILES string of the molecule is CCC(CC)C(C)NC(=O)C(C)N1CCNCC1. The van der Waals surface area contributed by atoms with Gasteiger partial charge in [0.2, 0.25) is 5.91 Å². The van der Waals surface area contributed by atoms with Gasteiger partial charge in [-0.25, -0.2) is 0 Å². The van der Waals surface area contributed by atoms with Crippen molar-refractivity contribution in [3.05, 3.63) is 0 Å². The van der Waals surface area contributed by atoms with Crippen LogP contribution >= 0.6 is 0 Å². The van der Waals surface area contributed by atoms with Crippen molar-refractivity contribution in [3.63, 3.8) is 0 Å². The zero-order valence-electron chi connectivity index (χ0n) is 12.3. The molecule has 1 fully saturated rings. The van der Waals surface area contributed by atoms with E-state index in [2.05, 4.69) is 36.3 Å². The summed E-state index contributed by atoms with van der Waals surface area (Å²) in [6.07, 6.45) is 2.25. The van der Waals surface area contributed by atoms with Gasteiger partial charge < -0.3 is 10.6 Å². The van der Waals surface area contributed by atoms with E-state index in [9.17, 15) is 4.79 Å². The van der Waals surface area contributed by atoms with Gasteiger partial charge in [0, 0.05) is 32.2 Å². The van der Waals surface area contributed by atoms with Crippen LogP contribution in [0, 0.1) is 5.92 Å². The van der Waals surface area contributed by atoms with E-state index in [0.717, 1.165) is 39.0 Å². The van der Waals surface area contributed by atoms with E-state index in [-0.39, 0.29) is 18.0 Å². The van der Waals surface area contributed by atoms with Crippen molar-refractivity contribution < 1.29 is 4.79 Å². The maximum absolute atomic E-state index is 12.2. The van der Waals surface area contributed by atoms with Crippen LogP contribution in [0.3, 0.4) is 0 Å². The van der Waals surface area contributed by atoms with Crippen molar-refractivity contribution >= 4 is 5.91 Å². The Hall–Kier alpha value is -0.610. The molecule has 0 saturated carbocycles. The van der Waals surface area contributed by atoms with Crippen LogP contribution in [0.15, 0.2) is 0 Å². The maximum Gasteiger partial charge on any atom is 0.237 e. The summed E-state index contributed by atoms with van der Waals surface area (Å²) in [6, 6.07) is 0.266. The third-order valence-electron chi connectivity index (χ3n) is 4.20. The zero-order valence-corrected chi connectivity index (χ0v) is 12.3. The van der Waals surface area contributed by atoms with E-state index in [1.54, 1.807) is 0 Å². The summed E-state index contributed by atoms with van der Waals surface area (Å²) in [5, 5.41) is 6.49. The fourth-order valence-electron chi connectivity index (χ4n) is 2.69. The Labute approximate surface area is 111 Å². The Kier molecular flexibility index (Phi) is 6.65. The number of piperazine rings is 1. The average molecular weight is 255 g/mol. The number of carbonyl (C=O) groups excluding carboxylic acids is 1. The van der Waals surface area contributed by atoms with Gasteiger partial charge in [-0.05, 0) is 19.8 Å². The summed E-state index contributed by atoms with van der Waals surface area (Å²) in [5.74, 6) is 0.764. The highest BCUT2D eigenvalue weighted by molar-refractivity contribution is 5.81. The number of nitrogens with one attached hydrogen (secondary N) is 2. The number of hydrogen-bond donors (Lipinski definition) is 2. The molecule has 2 atom stereocenters. The lowest BCUT2D eigenvalue weighted by molar-refractivity contribution is -0.127. The maximum atomic E-state index is 12.2. The molecule has 0 aliphatic carbocycles. The molecule has 1 rings (SSSR count). The Balaban J connectivity index is 2.43. The quantitative estimate of drug-likeness (QED) is 0.750. The van der Waals surface area contributed by atoms with Gasteiger partial charge in [0.05, 0.1) is 6.04 Å². The van der Waals surface area contributed by atoms with Crippen molar-refractivity contribution in [2.75, 3.05) is 26.2 Å². The predicted octanol–water partition coefficient (Wildman–Crippen LogP) is 1.22. The summed E-state index contributed by atoms with van der Waals surface area (Å²) in [4.78, 5) is 14.5. The molecule has 0 spiro atoms. The highest BCUT2D eigenvalue weighted by Gasteiger charge is 2.25. The summed E-state index contributed by atoms with van der Waals surface area (Å²) in [5.41, 5.74) is 0. The number of amides is 1. The molecule has 0 aromatic carbocycles. The second kappa shape index (κ2) is 7.74. The van der Waals surface area contributed by atoms with E-state index in [1.165, 1.54) is 0 Å².